The summed E-state index contributed by atoms with van der Waals surface area (Å²) in [6.45, 7) is 8.85. The lowest BCUT2D eigenvalue weighted by Crippen LogP contribution is -2.64. The molecule has 4 nitrogen and oxygen atoms in total. The van der Waals surface area contributed by atoms with Gasteiger partial charge in [0, 0.05) is 0 Å². The first-order chi connectivity index (χ1) is 6.24. The van der Waals surface area contributed by atoms with E-state index in [1.54, 1.807) is 13.8 Å². The predicted molar refractivity (Wildman–Crippen MR) is 52.0 cm³/mol. The minimum atomic E-state index is -0.505. The molecule has 1 aliphatic heterocycles. The van der Waals surface area contributed by atoms with Crippen LogP contribution >= 0.6 is 0 Å². The van der Waals surface area contributed by atoms with Crippen molar-refractivity contribution in [3.8, 4) is 0 Å². The molecular weight excluding hydrogens is 182 g/mol. The van der Waals surface area contributed by atoms with Gasteiger partial charge in [0.2, 0.25) is 0 Å². The number of rotatable bonds is 0. The van der Waals surface area contributed by atoms with Crippen LogP contribution in [0.5, 0.6) is 0 Å². The number of carbonyl (C=O) groups excluding carboxylic acids is 2. The molecule has 0 radical (unpaired) electrons. The largest absolute Gasteiger partial charge is 0.444 e. The van der Waals surface area contributed by atoms with Crippen LogP contribution in [0.4, 0.5) is 4.79 Å². The van der Waals surface area contributed by atoms with Gasteiger partial charge in [-0.05, 0) is 34.6 Å². The third-order valence-corrected chi connectivity index (χ3v) is 2.26. The minimum absolute atomic E-state index is 0.0934. The van der Waals surface area contributed by atoms with Gasteiger partial charge in [-0.25, -0.2) is 4.79 Å². The van der Waals surface area contributed by atoms with Gasteiger partial charge in [0.05, 0.1) is 12.1 Å². The number of carbonyl (C=O) groups is 2. The Hall–Kier alpha value is -1.06. The van der Waals surface area contributed by atoms with Crippen molar-refractivity contribution in [2.45, 2.75) is 52.3 Å². The molecule has 1 aliphatic rings. The molecule has 0 spiro atoms. The third-order valence-electron chi connectivity index (χ3n) is 2.26. The Balaban J connectivity index is 2.59. The number of Topliss-reactive ketones (excluding diaryl/α,β-unsaturated/α-hetero) is 1. The van der Waals surface area contributed by atoms with E-state index in [1.165, 1.54) is 4.90 Å². The van der Waals surface area contributed by atoms with Crippen molar-refractivity contribution >= 4 is 11.9 Å². The molecule has 2 atom stereocenters. The van der Waals surface area contributed by atoms with Gasteiger partial charge >= 0.3 is 6.09 Å². The molecule has 1 saturated heterocycles. The molecule has 0 saturated carbocycles. The average Bonchev–Trinajstić information content (AvgIpc) is 2.00. The number of nitrogens with zero attached hydrogens (tertiary/aromatic N) is 1. The SMILES string of the molecule is C[C@@H]1C(=O)[C@@H](C)N1C(=O)OC(C)(C)C. The lowest BCUT2D eigenvalue weighted by atomic mass is 9.95. The smallest absolute Gasteiger partial charge is 0.411 e. The lowest BCUT2D eigenvalue weighted by molar-refractivity contribution is -0.141. The van der Waals surface area contributed by atoms with E-state index in [9.17, 15) is 9.59 Å². The molecule has 14 heavy (non-hydrogen) atoms. The van der Waals surface area contributed by atoms with Crippen LogP contribution in [0.2, 0.25) is 0 Å². The number of hydrogen-bond acceptors (Lipinski definition) is 3. The highest BCUT2D eigenvalue weighted by molar-refractivity contribution is 5.99. The maximum atomic E-state index is 11.6. The summed E-state index contributed by atoms with van der Waals surface area (Å²) in [4.78, 5) is 24.2. The van der Waals surface area contributed by atoms with E-state index in [-0.39, 0.29) is 17.9 Å². The van der Waals surface area contributed by atoms with Crippen molar-refractivity contribution in [1.82, 2.24) is 4.90 Å². The van der Waals surface area contributed by atoms with Crippen molar-refractivity contribution in [2.24, 2.45) is 0 Å². The summed E-state index contributed by atoms with van der Waals surface area (Å²) in [6.07, 6.45) is -0.405. The summed E-state index contributed by atoms with van der Waals surface area (Å²) in [5.74, 6) is 0.0934. The normalized spacial score (nSPS) is 27.2. The number of hydrogen-bond donors (Lipinski definition) is 0. The van der Waals surface area contributed by atoms with Crippen molar-refractivity contribution in [1.29, 1.82) is 0 Å². The quantitative estimate of drug-likeness (QED) is 0.595. The standard InChI is InChI=1S/C10H17NO3/c1-6-8(12)7(2)11(6)9(13)14-10(3,4)5/h6-7H,1-5H3/t6-,7-/m1/s1. The van der Waals surface area contributed by atoms with Gasteiger partial charge in [0.25, 0.3) is 0 Å². The van der Waals surface area contributed by atoms with Crippen molar-refractivity contribution in [3.63, 3.8) is 0 Å². The van der Waals surface area contributed by atoms with Gasteiger partial charge < -0.3 is 4.74 Å². The Bertz CT molecular complexity index is 255. The molecular formula is C10H17NO3. The molecule has 80 valence electrons. The summed E-state index contributed by atoms with van der Waals surface area (Å²) in [5.41, 5.74) is -0.505. The molecule has 0 aromatic rings. The number of amides is 1. The Morgan fingerprint density at radius 2 is 1.71 bits per heavy atom. The number of ketones is 1. The van der Waals surface area contributed by atoms with Crippen LogP contribution in [0.1, 0.15) is 34.6 Å². The molecule has 1 amide bonds. The first-order valence-electron chi connectivity index (χ1n) is 4.79. The highest BCUT2D eigenvalue weighted by Crippen LogP contribution is 2.23. The maximum absolute atomic E-state index is 11.6. The molecule has 0 N–H and O–H groups in total. The maximum Gasteiger partial charge on any atom is 0.411 e. The van der Waals surface area contributed by atoms with Crippen LogP contribution in [-0.4, -0.2) is 34.5 Å². The second kappa shape index (κ2) is 3.26. The first-order valence-corrected chi connectivity index (χ1v) is 4.79. The summed E-state index contributed by atoms with van der Waals surface area (Å²) in [5, 5.41) is 0. The second-order valence-corrected chi connectivity index (χ2v) is 4.64. The highest BCUT2D eigenvalue weighted by Gasteiger charge is 2.46. The Morgan fingerprint density at radius 3 is 2.07 bits per heavy atom. The Labute approximate surface area is 84.2 Å². The van der Waals surface area contributed by atoms with E-state index in [4.69, 9.17) is 4.74 Å². The van der Waals surface area contributed by atoms with E-state index in [0.717, 1.165) is 0 Å². The van der Waals surface area contributed by atoms with Crippen LogP contribution in [0, 0.1) is 0 Å². The van der Waals surface area contributed by atoms with E-state index in [2.05, 4.69) is 0 Å². The molecule has 1 rings (SSSR count). The van der Waals surface area contributed by atoms with Gasteiger partial charge in [0.1, 0.15) is 5.60 Å². The lowest BCUT2D eigenvalue weighted by Gasteiger charge is -2.43. The molecule has 1 fully saturated rings. The molecule has 0 aromatic heterocycles. The monoisotopic (exact) mass is 199 g/mol. The highest BCUT2D eigenvalue weighted by atomic mass is 16.6. The van der Waals surface area contributed by atoms with Crippen LogP contribution in [0.15, 0.2) is 0 Å². The number of likely N-dealkylation sites (tertiary alicyclic amines) is 1. The number of ether oxygens (including phenoxy) is 1. The van der Waals surface area contributed by atoms with Crippen LogP contribution in [0.25, 0.3) is 0 Å². The molecule has 0 aliphatic carbocycles. The molecule has 0 bridgehead atoms. The van der Waals surface area contributed by atoms with Crippen molar-refractivity contribution in [3.05, 3.63) is 0 Å². The molecule has 0 unspecified atom stereocenters. The van der Waals surface area contributed by atoms with Gasteiger partial charge in [0.15, 0.2) is 5.78 Å². The zero-order valence-electron chi connectivity index (χ0n) is 9.33. The Kier molecular flexibility index (Phi) is 2.56. The Morgan fingerprint density at radius 1 is 1.29 bits per heavy atom. The van der Waals surface area contributed by atoms with E-state index >= 15 is 0 Å². The van der Waals surface area contributed by atoms with Crippen LogP contribution < -0.4 is 0 Å². The van der Waals surface area contributed by atoms with Crippen molar-refractivity contribution in [2.75, 3.05) is 0 Å². The summed E-state index contributed by atoms with van der Waals surface area (Å²) in [6, 6.07) is -0.667. The van der Waals surface area contributed by atoms with Crippen molar-refractivity contribution < 1.29 is 14.3 Å². The average molecular weight is 199 g/mol. The van der Waals surface area contributed by atoms with Gasteiger partial charge in [-0.2, -0.15) is 0 Å². The fourth-order valence-electron chi connectivity index (χ4n) is 1.51. The fourth-order valence-corrected chi connectivity index (χ4v) is 1.51. The molecule has 1 heterocycles. The second-order valence-electron chi connectivity index (χ2n) is 4.64. The zero-order chi connectivity index (χ0) is 11.1. The van der Waals surface area contributed by atoms with Crippen LogP contribution in [-0.2, 0) is 9.53 Å². The third kappa shape index (κ3) is 1.89. The zero-order valence-corrected chi connectivity index (χ0v) is 9.33. The summed E-state index contributed by atoms with van der Waals surface area (Å²) >= 11 is 0. The van der Waals surface area contributed by atoms with Crippen LogP contribution in [0.3, 0.4) is 0 Å². The topological polar surface area (TPSA) is 46.6 Å². The van der Waals surface area contributed by atoms with E-state index < -0.39 is 11.7 Å². The fraction of sp³-hybridized carbons (Fsp3) is 0.800. The predicted octanol–water partition coefficient (Wildman–Crippen LogP) is 1.58. The van der Waals surface area contributed by atoms with Gasteiger partial charge in [-0.3, -0.25) is 9.69 Å². The van der Waals surface area contributed by atoms with E-state index in [0.29, 0.717) is 0 Å². The van der Waals surface area contributed by atoms with Gasteiger partial charge in [-0.15, -0.1) is 0 Å². The first kappa shape index (κ1) is 11.0. The summed E-state index contributed by atoms with van der Waals surface area (Å²) in [7, 11) is 0. The molecule has 0 aromatic carbocycles. The van der Waals surface area contributed by atoms with Gasteiger partial charge in [-0.1, -0.05) is 0 Å². The summed E-state index contributed by atoms with van der Waals surface area (Å²) < 4.78 is 5.17. The minimum Gasteiger partial charge on any atom is -0.444 e. The molecule has 4 heteroatoms. The van der Waals surface area contributed by atoms with E-state index in [1.807, 2.05) is 20.8 Å².